The lowest BCUT2D eigenvalue weighted by Crippen LogP contribution is -2.11. The fourth-order valence-corrected chi connectivity index (χ4v) is 2.36. The van der Waals surface area contributed by atoms with E-state index in [9.17, 15) is 5.11 Å². The van der Waals surface area contributed by atoms with Crippen molar-refractivity contribution in [2.45, 2.75) is 36.1 Å². The van der Waals surface area contributed by atoms with Crippen LogP contribution < -0.4 is 0 Å². The molecule has 1 heterocycles. The third kappa shape index (κ3) is 3.26. The Balaban J connectivity index is 2.16. The van der Waals surface area contributed by atoms with Crippen LogP contribution in [0.15, 0.2) is 52.5 Å². The molecular weight excluding hydrogens is 242 g/mol. The number of aromatic nitrogens is 1. The molecule has 0 spiro atoms. The van der Waals surface area contributed by atoms with Gasteiger partial charge in [-0.2, -0.15) is 0 Å². The van der Waals surface area contributed by atoms with Gasteiger partial charge in [0.2, 0.25) is 0 Å². The van der Waals surface area contributed by atoms with Crippen LogP contribution in [-0.2, 0) is 5.41 Å². The Morgan fingerprint density at radius 1 is 1.11 bits per heavy atom. The zero-order valence-corrected chi connectivity index (χ0v) is 11.7. The molecule has 3 heteroatoms. The molecule has 0 bridgehead atoms. The highest BCUT2D eigenvalue weighted by molar-refractivity contribution is 7.99. The van der Waals surface area contributed by atoms with Gasteiger partial charge in [-0.3, -0.25) is 0 Å². The molecular formula is C15H17NOS. The fraction of sp³-hybridized carbons (Fsp3) is 0.267. The molecule has 2 rings (SSSR count). The summed E-state index contributed by atoms with van der Waals surface area (Å²) >= 11 is 1.55. The second kappa shape index (κ2) is 5.02. The molecule has 0 atom stereocenters. The van der Waals surface area contributed by atoms with Crippen molar-refractivity contribution in [2.75, 3.05) is 0 Å². The van der Waals surface area contributed by atoms with Gasteiger partial charge < -0.3 is 5.11 Å². The summed E-state index contributed by atoms with van der Waals surface area (Å²) in [5, 5.41) is 10.3. The number of phenolic OH excluding ortho intramolecular Hbond substituents is 1. The summed E-state index contributed by atoms with van der Waals surface area (Å²) < 4.78 is 0. The van der Waals surface area contributed by atoms with Gasteiger partial charge in [-0.25, -0.2) is 4.98 Å². The maximum absolute atomic E-state index is 9.41. The first-order valence-corrected chi connectivity index (χ1v) is 6.70. The summed E-state index contributed by atoms with van der Waals surface area (Å²) in [5.74, 6) is 0.284. The Labute approximate surface area is 112 Å². The van der Waals surface area contributed by atoms with Gasteiger partial charge in [0.1, 0.15) is 10.8 Å². The minimum Gasteiger partial charge on any atom is -0.508 e. The molecule has 0 fully saturated rings. The SMILES string of the molecule is CC(C)(C)c1ccc(Sc2cccc(O)c2)nc1. The average Bonchev–Trinajstić information content (AvgIpc) is 2.28. The van der Waals surface area contributed by atoms with Crippen molar-refractivity contribution in [1.82, 2.24) is 4.98 Å². The molecule has 0 aliphatic heterocycles. The number of nitrogens with zero attached hydrogens (tertiary/aromatic N) is 1. The number of aromatic hydroxyl groups is 1. The molecule has 1 aromatic carbocycles. The van der Waals surface area contributed by atoms with E-state index in [1.165, 1.54) is 5.56 Å². The number of hydrogen-bond donors (Lipinski definition) is 1. The van der Waals surface area contributed by atoms with Crippen LogP contribution in [-0.4, -0.2) is 10.1 Å². The van der Waals surface area contributed by atoms with Crippen molar-refractivity contribution in [3.63, 3.8) is 0 Å². The van der Waals surface area contributed by atoms with Crippen LogP contribution in [0.5, 0.6) is 5.75 Å². The van der Waals surface area contributed by atoms with Crippen LogP contribution in [0.25, 0.3) is 0 Å². The lowest BCUT2D eigenvalue weighted by molar-refractivity contribution is 0.474. The monoisotopic (exact) mass is 259 g/mol. The lowest BCUT2D eigenvalue weighted by atomic mass is 9.88. The standard InChI is InChI=1S/C15H17NOS/c1-15(2,3)11-7-8-14(16-10-11)18-13-6-4-5-12(17)9-13/h4-10,17H,1-3H3. The molecule has 18 heavy (non-hydrogen) atoms. The van der Waals surface area contributed by atoms with E-state index in [1.807, 2.05) is 24.4 Å². The number of hydrogen-bond acceptors (Lipinski definition) is 3. The molecule has 1 N–H and O–H groups in total. The molecule has 2 nitrogen and oxygen atoms in total. The minimum atomic E-state index is 0.126. The zero-order valence-electron chi connectivity index (χ0n) is 10.8. The average molecular weight is 259 g/mol. The maximum atomic E-state index is 9.41. The van der Waals surface area contributed by atoms with E-state index in [4.69, 9.17) is 0 Å². The molecule has 0 radical (unpaired) electrons. The van der Waals surface area contributed by atoms with Crippen LogP contribution in [0.3, 0.4) is 0 Å². The van der Waals surface area contributed by atoms with Crippen LogP contribution in [0.2, 0.25) is 0 Å². The Kier molecular flexibility index (Phi) is 3.62. The summed E-state index contributed by atoms with van der Waals surface area (Å²) in [6.07, 6.45) is 1.92. The van der Waals surface area contributed by atoms with E-state index >= 15 is 0 Å². The molecule has 0 amide bonds. The Bertz CT molecular complexity index is 529. The number of pyridine rings is 1. The number of benzene rings is 1. The maximum Gasteiger partial charge on any atom is 0.116 e. The van der Waals surface area contributed by atoms with Crippen molar-refractivity contribution in [2.24, 2.45) is 0 Å². The van der Waals surface area contributed by atoms with E-state index in [0.717, 1.165) is 9.92 Å². The molecule has 1 aromatic heterocycles. The van der Waals surface area contributed by atoms with Gasteiger partial charge in [0.25, 0.3) is 0 Å². The van der Waals surface area contributed by atoms with Crippen molar-refractivity contribution < 1.29 is 5.11 Å². The summed E-state index contributed by atoms with van der Waals surface area (Å²) in [6, 6.07) is 11.3. The second-order valence-electron chi connectivity index (χ2n) is 5.23. The van der Waals surface area contributed by atoms with E-state index in [1.54, 1.807) is 23.9 Å². The predicted molar refractivity (Wildman–Crippen MR) is 75.2 cm³/mol. The molecule has 0 aliphatic carbocycles. The third-order valence-electron chi connectivity index (χ3n) is 2.64. The molecule has 94 valence electrons. The van der Waals surface area contributed by atoms with E-state index in [-0.39, 0.29) is 11.2 Å². The summed E-state index contributed by atoms with van der Waals surface area (Å²) in [6.45, 7) is 6.52. The first-order valence-electron chi connectivity index (χ1n) is 5.88. The highest BCUT2D eigenvalue weighted by atomic mass is 32.2. The molecule has 0 aliphatic rings. The van der Waals surface area contributed by atoms with Crippen molar-refractivity contribution in [3.8, 4) is 5.75 Å². The summed E-state index contributed by atoms with van der Waals surface area (Å²) in [5.41, 5.74) is 1.35. The molecule has 2 aromatic rings. The van der Waals surface area contributed by atoms with Gasteiger partial charge in [-0.05, 0) is 35.2 Å². The van der Waals surface area contributed by atoms with E-state index in [0.29, 0.717) is 0 Å². The summed E-state index contributed by atoms with van der Waals surface area (Å²) in [4.78, 5) is 5.44. The Hall–Kier alpha value is -1.48. The first kappa shape index (κ1) is 13.0. The lowest BCUT2D eigenvalue weighted by Gasteiger charge is -2.18. The van der Waals surface area contributed by atoms with Crippen LogP contribution in [0.4, 0.5) is 0 Å². The predicted octanol–water partition coefficient (Wildman–Crippen LogP) is 4.24. The number of phenols is 1. The molecule has 0 saturated carbocycles. The first-order chi connectivity index (χ1) is 8.45. The van der Waals surface area contributed by atoms with Crippen LogP contribution in [0, 0.1) is 0 Å². The van der Waals surface area contributed by atoms with Crippen molar-refractivity contribution >= 4 is 11.8 Å². The van der Waals surface area contributed by atoms with Gasteiger partial charge in [-0.15, -0.1) is 0 Å². The minimum absolute atomic E-state index is 0.126. The van der Waals surface area contributed by atoms with Gasteiger partial charge >= 0.3 is 0 Å². The highest BCUT2D eigenvalue weighted by Crippen LogP contribution is 2.29. The topological polar surface area (TPSA) is 33.1 Å². The summed E-state index contributed by atoms with van der Waals surface area (Å²) in [7, 11) is 0. The Morgan fingerprint density at radius 3 is 2.44 bits per heavy atom. The van der Waals surface area contributed by atoms with Crippen molar-refractivity contribution in [1.29, 1.82) is 0 Å². The third-order valence-corrected chi connectivity index (χ3v) is 3.58. The second-order valence-corrected chi connectivity index (χ2v) is 6.33. The quantitative estimate of drug-likeness (QED) is 0.876. The smallest absolute Gasteiger partial charge is 0.116 e. The van der Waals surface area contributed by atoms with Gasteiger partial charge in [0.05, 0.1) is 0 Å². The van der Waals surface area contributed by atoms with E-state index < -0.39 is 0 Å². The van der Waals surface area contributed by atoms with Gasteiger partial charge in [-0.1, -0.05) is 44.7 Å². The normalized spacial score (nSPS) is 11.5. The fourth-order valence-electron chi connectivity index (χ4n) is 1.55. The van der Waals surface area contributed by atoms with Crippen LogP contribution >= 0.6 is 11.8 Å². The Morgan fingerprint density at radius 2 is 1.89 bits per heavy atom. The van der Waals surface area contributed by atoms with Gasteiger partial charge in [0, 0.05) is 11.1 Å². The zero-order chi connectivity index (χ0) is 13.2. The van der Waals surface area contributed by atoms with Crippen molar-refractivity contribution in [3.05, 3.63) is 48.2 Å². The van der Waals surface area contributed by atoms with Crippen LogP contribution in [0.1, 0.15) is 26.3 Å². The largest absolute Gasteiger partial charge is 0.508 e. The van der Waals surface area contributed by atoms with E-state index in [2.05, 4.69) is 31.8 Å². The highest BCUT2D eigenvalue weighted by Gasteiger charge is 2.13. The molecule has 0 saturated heterocycles. The number of rotatable bonds is 2. The molecule has 0 unspecified atom stereocenters. The van der Waals surface area contributed by atoms with Gasteiger partial charge in [0.15, 0.2) is 0 Å².